The van der Waals surface area contributed by atoms with Gasteiger partial charge in [-0.1, -0.05) is 48.6 Å². The monoisotopic (exact) mass is 595 g/mol. The summed E-state index contributed by atoms with van der Waals surface area (Å²) in [5.41, 5.74) is 2.47. The first-order chi connectivity index (χ1) is 20.2. The first-order valence-electron chi connectivity index (χ1n) is 14.8. The number of carbonyl (C=O) groups is 2. The molecule has 2 aliphatic heterocycles. The quantitative estimate of drug-likeness (QED) is 0.298. The van der Waals surface area contributed by atoms with Gasteiger partial charge in [-0.05, 0) is 51.0 Å². The van der Waals surface area contributed by atoms with Crippen LogP contribution in [0.25, 0.3) is 0 Å². The topological polar surface area (TPSA) is 89.0 Å². The smallest absolute Gasteiger partial charge is 0.316 e. The molecule has 0 amide bonds. The van der Waals surface area contributed by atoms with Crippen molar-refractivity contribution in [3.8, 4) is 0 Å². The van der Waals surface area contributed by atoms with E-state index < -0.39 is 23.5 Å². The summed E-state index contributed by atoms with van der Waals surface area (Å²) < 4.78 is 15.7. The molecule has 10 heteroatoms. The lowest BCUT2D eigenvalue weighted by molar-refractivity contribution is -0.139. The van der Waals surface area contributed by atoms with Crippen LogP contribution in [0.1, 0.15) is 56.3 Å². The number of pyridine rings is 1. The van der Waals surface area contributed by atoms with E-state index >= 15 is 4.39 Å². The van der Waals surface area contributed by atoms with E-state index in [-0.39, 0.29) is 22.8 Å². The molecule has 1 saturated carbocycles. The van der Waals surface area contributed by atoms with Crippen molar-refractivity contribution < 1.29 is 19.1 Å². The van der Waals surface area contributed by atoms with Gasteiger partial charge in [-0.3, -0.25) is 9.59 Å². The van der Waals surface area contributed by atoms with Crippen LogP contribution in [0.3, 0.4) is 0 Å². The molecular formula is C32H39ClFN5O3. The Labute approximate surface area is 251 Å². The van der Waals surface area contributed by atoms with Crippen LogP contribution in [0.15, 0.2) is 53.9 Å². The zero-order valence-electron chi connectivity index (χ0n) is 24.3. The number of allylic oxidation sites excluding steroid dienone is 3. The number of halogens is 2. The van der Waals surface area contributed by atoms with E-state index in [4.69, 9.17) is 11.6 Å². The van der Waals surface area contributed by atoms with Gasteiger partial charge in [0.1, 0.15) is 17.6 Å². The summed E-state index contributed by atoms with van der Waals surface area (Å²) in [6.07, 6.45) is 11.9. The minimum Gasteiger partial charge on any atom is -0.481 e. The van der Waals surface area contributed by atoms with Crippen molar-refractivity contribution in [2.24, 2.45) is 5.92 Å². The van der Waals surface area contributed by atoms with E-state index in [1.807, 2.05) is 42.2 Å². The molecule has 5 rings (SSSR count). The number of carbonyl (C=O) groups excluding carboxylic acids is 1. The van der Waals surface area contributed by atoms with Gasteiger partial charge in [0.05, 0.1) is 16.4 Å². The van der Waals surface area contributed by atoms with Gasteiger partial charge in [0, 0.05) is 62.8 Å². The Morgan fingerprint density at radius 1 is 1.10 bits per heavy atom. The second-order valence-electron chi connectivity index (χ2n) is 11.5. The number of nitrogens with zero attached hydrogens (tertiary/aromatic N) is 4. The van der Waals surface area contributed by atoms with E-state index in [0.29, 0.717) is 37.9 Å². The molecule has 3 heterocycles. The lowest BCUT2D eigenvalue weighted by atomic mass is 9.89. The highest BCUT2D eigenvalue weighted by atomic mass is 35.5. The predicted octanol–water partition coefficient (Wildman–Crippen LogP) is 5.68. The summed E-state index contributed by atoms with van der Waals surface area (Å²) in [5.74, 6) is -2.95. The zero-order valence-corrected chi connectivity index (χ0v) is 25.0. The maximum atomic E-state index is 15.7. The number of anilines is 3. The number of carboxylic acid groups (broad SMARTS) is 1. The minimum absolute atomic E-state index is 0.000520. The molecule has 2 aromatic rings. The Morgan fingerprint density at radius 3 is 2.48 bits per heavy atom. The number of aromatic nitrogens is 1. The third kappa shape index (κ3) is 6.47. The average Bonchev–Trinajstić information content (AvgIpc) is 3.00. The van der Waals surface area contributed by atoms with Gasteiger partial charge in [0.25, 0.3) is 0 Å². The van der Waals surface area contributed by atoms with Crippen LogP contribution in [-0.2, 0) is 4.79 Å². The molecule has 0 unspecified atom stereocenters. The molecule has 224 valence electrons. The van der Waals surface area contributed by atoms with E-state index in [2.05, 4.69) is 22.1 Å². The van der Waals surface area contributed by atoms with Gasteiger partial charge in [-0.15, -0.1) is 0 Å². The summed E-state index contributed by atoms with van der Waals surface area (Å²) in [4.78, 5) is 35.5. The molecule has 0 spiro atoms. The summed E-state index contributed by atoms with van der Waals surface area (Å²) in [6, 6.07) is 7.45. The van der Waals surface area contributed by atoms with E-state index in [9.17, 15) is 14.7 Å². The van der Waals surface area contributed by atoms with Crippen LogP contribution >= 0.6 is 11.6 Å². The summed E-state index contributed by atoms with van der Waals surface area (Å²) in [5, 5.41) is 13.6. The average molecular weight is 596 g/mol. The minimum atomic E-state index is -1.32. The molecular weight excluding hydrogens is 557 g/mol. The molecule has 1 saturated heterocycles. The van der Waals surface area contributed by atoms with E-state index in [0.717, 1.165) is 29.7 Å². The zero-order chi connectivity index (χ0) is 29.8. The summed E-state index contributed by atoms with van der Waals surface area (Å²) >= 11 is 6.95. The first kappa shape index (κ1) is 30.0. The van der Waals surface area contributed by atoms with Crippen LogP contribution in [-0.4, -0.2) is 67.2 Å². The number of nitrogens with one attached hydrogen (secondary N) is 1. The Kier molecular flexibility index (Phi) is 9.48. The Hall–Kier alpha value is -3.43. The van der Waals surface area contributed by atoms with E-state index in [1.165, 1.54) is 32.1 Å². The molecule has 3 aliphatic rings. The molecule has 1 aromatic heterocycles. The van der Waals surface area contributed by atoms with Crippen LogP contribution < -0.4 is 20.0 Å². The third-order valence-corrected chi connectivity index (χ3v) is 8.92. The maximum Gasteiger partial charge on any atom is 0.316 e. The number of fused-ring (bicyclic) bond motifs is 1. The second kappa shape index (κ2) is 13.3. The lowest BCUT2D eigenvalue weighted by Gasteiger charge is -2.39. The number of ketones is 1. The van der Waals surface area contributed by atoms with Gasteiger partial charge < -0.3 is 25.1 Å². The normalized spacial score (nSPS) is 20.6. The third-order valence-electron chi connectivity index (χ3n) is 8.56. The number of aliphatic carboxylic acids is 1. The van der Waals surface area contributed by atoms with Gasteiger partial charge in [-0.25, -0.2) is 9.37 Å². The Balaban J connectivity index is 1.41. The summed E-state index contributed by atoms with van der Waals surface area (Å²) in [6.45, 7) is 6.90. The molecule has 2 N–H and O–H groups in total. The van der Waals surface area contributed by atoms with Crippen molar-refractivity contribution in [3.63, 3.8) is 0 Å². The highest BCUT2D eigenvalue weighted by Gasteiger charge is 2.40. The molecule has 42 heavy (non-hydrogen) atoms. The molecule has 0 bridgehead atoms. The van der Waals surface area contributed by atoms with Crippen molar-refractivity contribution in [3.05, 3.63) is 70.3 Å². The SMILES string of the molecule is C/C(=C\C=C(/C)N1C[C@@H](C(=O)O)C(=O)c2cc(F)c(N3CCN(c4ccccn4)CC3)c(Cl)c21)CNC1CCCCC1. The predicted molar refractivity (Wildman–Crippen MR) is 165 cm³/mol. The fraction of sp³-hybridized carbons (Fsp3) is 0.469. The largest absolute Gasteiger partial charge is 0.481 e. The number of rotatable bonds is 8. The maximum absolute atomic E-state index is 15.7. The van der Waals surface area contributed by atoms with Gasteiger partial charge in [-0.2, -0.15) is 0 Å². The fourth-order valence-corrected chi connectivity index (χ4v) is 6.53. The number of carboxylic acids is 1. The number of hydrogen-bond acceptors (Lipinski definition) is 7. The Morgan fingerprint density at radius 2 is 1.81 bits per heavy atom. The van der Waals surface area contributed by atoms with Crippen molar-refractivity contribution >= 4 is 40.5 Å². The van der Waals surface area contributed by atoms with Crippen molar-refractivity contribution in [2.45, 2.75) is 52.0 Å². The van der Waals surface area contributed by atoms with Crippen molar-refractivity contribution in [2.75, 3.05) is 54.0 Å². The van der Waals surface area contributed by atoms with Crippen molar-refractivity contribution in [1.29, 1.82) is 0 Å². The second-order valence-corrected chi connectivity index (χ2v) is 11.9. The van der Waals surface area contributed by atoms with Crippen molar-refractivity contribution in [1.82, 2.24) is 10.3 Å². The Bertz CT molecular complexity index is 1370. The first-order valence-corrected chi connectivity index (χ1v) is 15.2. The highest BCUT2D eigenvalue weighted by Crippen LogP contribution is 2.45. The highest BCUT2D eigenvalue weighted by molar-refractivity contribution is 6.37. The molecule has 0 radical (unpaired) electrons. The molecule has 1 aromatic carbocycles. The van der Waals surface area contributed by atoms with Gasteiger partial charge in [0.15, 0.2) is 5.78 Å². The molecule has 1 aliphatic carbocycles. The summed E-state index contributed by atoms with van der Waals surface area (Å²) in [7, 11) is 0. The van der Waals surface area contributed by atoms with Gasteiger partial charge >= 0.3 is 5.97 Å². The van der Waals surface area contributed by atoms with Gasteiger partial charge in [0.2, 0.25) is 0 Å². The van der Waals surface area contributed by atoms with Crippen LogP contribution in [0.2, 0.25) is 5.02 Å². The number of Topliss-reactive ketones (excluding diaryl/α,β-unsaturated/α-hetero) is 1. The lowest BCUT2D eigenvalue weighted by Crippen LogP contribution is -2.47. The number of hydrogen-bond donors (Lipinski definition) is 2. The molecule has 1 atom stereocenters. The molecule has 8 nitrogen and oxygen atoms in total. The number of piperazine rings is 1. The van der Waals surface area contributed by atoms with Crippen LogP contribution in [0, 0.1) is 11.7 Å². The van der Waals surface area contributed by atoms with E-state index in [1.54, 1.807) is 11.1 Å². The van der Waals surface area contributed by atoms with Crippen LogP contribution in [0.4, 0.5) is 21.6 Å². The van der Waals surface area contributed by atoms with Crippen LogP contribution in [0.5, 0.6) is 0 Å². The molecule has 2 fully saturated rings. The fourth-order valence-electron chi connectivity index (χ4n) is 6.12. The standard InChI is InChI=1S/C32H39ClFN5O3/c1-21(19-36-23-8-4-3-5-9-23)11-12-22(2)39-20-25(32(41)42)31(40)24-18-26(34)30(28(33)29(24)39)38-16-14-37(15-17-38)27-10-6-7-13-35-27/h6-7,10-13,18,23,25,36H,3-5,8-9,14-17,19-20H2,1-2H3,(H,41,42)/b21-11+,22-12+/t25-/m1/s1. The number of benzene rings is 1.